The zero-order valence-corrected chi connectivity index (χ0v) is 9.61. The molecule has 0 atom stereocenters. The van der Waals surface area contributed by atoms with Crippen LogP contribution in [0.4, 0.5) is 0 Å². The van der Waals surface area contributed by atoms with Gasteiger partial charge in [0.15, 0.2) is 0 Å². The molecular formula is C8H20NO4P. The van der Waals surface area contributed by atoms with Gasteiger partial charge in [-0.2, -0.15) is 0 Å². The fourth-order valence-corrected chi connectivity index (χ4v) is 3.22. The normalized spacial score (nSPS) is 26.5. The van der Waals surface area contributed by atoms with Crippen LogP contribution in [-0.2, 0) is 9.05 Å². The van der Waals surface area contributed by atoms with Gasteiger partial charge in [0.05, 0.1) is 0 Å². The maximum absolute atomic E-state index is 9.95. The predicted octanol–water partition coefficient (Wildman–Crippen LogP) is 0.182. The number of hydrogen-bond acceptors (Lipinski definition) is 5. The number of hydrogen-bond donors (Lipinski definition) is 2. The first-order valence-electron chi connectivity index (χ1n) is 4.95. The Labute approximate surface area is 85.2 Å². The minimum absolute atomic E-state index is 0.105. The molecule has 0 saturated carbocycles. The van der Waals surface area contributed by atoms with Crippen LogP contribution in [-0.4, -0.2) is 54.6 Å². The van der Waals surface area contributed by atoms with Crippen molar-refractivity contribution in [2.45, 2.75) is 12.8 Å². The summed E-state index contributed by atoms with van der Waals surface area (Å²) >= 11 is 0. The fourth-order valence-electron chi connectivity index (χ4n) is 1.53. The molecule has 0 radical (unpaired) electrons. The molecule has 0 unspecified atom stereocenters. The van der Waals surface area contributed by atoms with Crippen molar-refractivity contribution in [3.8, 4) is 0 Å². The Kier molecular flexibility index (Phi) is 5.23. The molecule has 0 aromatic carbocycles. The van der Waals surface area contributed by atoms with Gasteiger partial charge in [0.25, 0.3) is 0 Å². The average Bonchev–Trinajstić information content (AvgIpc) is 2.14. The van der Waals surface area contributed by atoms with Gasteiger partial charge in [0.1, 0.15) is 0 Å². The summed E-state index contributed by atoms with van der Waals surface area (Å²) in [6.07, 6.45) is 2.39. The van der Waals surface area contributed by atoms with E-state index in [1.54, 1.807) is 0 Å². The molecule has 14 heavy (non-hydrogen) atoms. The molecule has 86 valence electrons. The average molecular weight is 225 g/mol. The van der Waals surface area contributed by atoms with Crippen LogP contribution in [0.3, 0.4) is 0 Å². The number of aliphatic hydroxyl groups is 1. The van der Waals surface area contributed by atoms with Crippen LogP contribution in [0.5, 0.6) is 0 Å². The molecule has 0 aromatic rings. The van der Waals surface area contributed by atoms with Crippen LogP contribution in [0.2, 0.25) is 0 Å². The molecule has 0 aromatic heterocycles. The third kappa shape index (κ3) is 3.77. The summed E-state index contributed by atoms with van der Waals surface area (Å²) in [5.41, 5.74) is 0. The first-order chi connectivity index (χ1) is 6.70. The number of β-amino-alcohol motifs (C(OH)–C–C–N with tert-alkyl or cyclic N) is 1. The van der Waals surface area contributed by atoms with Gasteiger partial charge in [0.2, 0.25) is 0 Å². The van der Waals surface area contributed by atoms with E-state index in [0.717, 1.165) is 19.4 Å². The molecule has 1 aliphatic rings. The molecule has 1 rings (SSSR count). The van der Waals surface area contributed by atoms with Crippen molar-refractivity contribution in [3.63, 3.8) is 0 Å². The molecule has 0 aliphatic carbocycles. The van der Waals surface area contributed by atoms with Crippen molar-refractivity contribution in [3.05, 3.63) is 0 Å². The first kappa shape index (κ1) is 12.3. The second-order valence-corrected chi connectivity index (χ2v) is 5.91. The molecule has 0 amide bonds. The molecule has 1 fully saturated rings. The molecule has 6 heteroatoms. The number of nitrogens with zero attached hydrogens (tertiary/aromatic N) is 1. The van der Waals surface area contributed by atoms with Crippen LogP contribution in [0.15, 0.2) is 0 Å². The van der Waals surface area contributed by atoms with Gasteiger partial charge in [-0.15, -0.1) is 0 Å². The monoisotopic (exact) mass is 225 g/mol. The predicted molar refractivity (Wildman–Crippen MR) is 56.3 cm³/mol. The Balaban J connectivity index is 2.50. The van der Waals surface area contributed by atoms with Gasteiger partial charge in [-0.1, -0.05) is 0 Å². The van der Waals surface area contributed by atoms with E-state index in [-0.39, 0.29) is 6.61 Å². The van der Waals surface area contributed by atoms with Crippen molar-refractivity contribution in [1.82, 2.24) is 4.90 Å². The van der Waals surface area contributed by atoms with E-state index in [1.807, 2.05) is 4.90 Å². The van der Waals surface area contributed by atoms with E-state index in [4.69, 9.17) is 14.2 Å². The van der Waals surface area contributed by atoms with Crippen molar-refractivity contribution in [2.24, 2.45) is 0 Å². The van der Waals surface area contributed by atoms with E-state index < -0.39 is 7.94 Å². The van der Waals surface area contributed by atoms with E-state index in [9.17, 15) is 4.89 Å². The second kappa shape index (κ2) is 5.95. The fraction of sp³-hybridized carbons (Fsp3) is 1.00. The van der Waals surface area contributed by atoms with Gasteiger partial charge in [-0.3, -0.25) is 0 Å². The van der Waals surface area contributed by atoms with Crippen LogP contribution in [0, 0.1) is 0 Å². The third-order valence-corrected chi connectivity index (χ3v) is 4.49. The summed E-state index contributed by atoms with van der Waals surface area (Å²) in [6, 6.07) is 0. The quantitative estimate of drug-likeness (QED) is 0.671. The zero-order valence-electron chi connectivity index (χ0n) is 8.61. The van der Waals surface area contributed by atoms with Crippen LogP contribution >= 0.6 is 7.94 Å². The molecule has 0 bridgehead atoms. The van der Waals surface area contributed by atoms with E-state index >= 15 is 0 Å². The minimum atomic E-state index is -2.98. The van der Waals surface area contributed by atoms with Gasteiger partial charge in [0, 0.05) is 0 Å². The van der Waals surface area contributed by atoms with Crippen LogP contribution < -0.4 is 0 Å². The summed E-state index contributed by atoms with van der Waals surface area (Å²) in [5.74, 6) is 0. The molecular weight excluding hydrogens is 205 g/mol. The molecule has 0 spiro atoms. The maximum atomic E-state index is 9.95. The Morgan fingerprint density at radius 3 is 2.93 bits per heavy atom. The summed E-state index contributed by atoms with van der Waals surface area (Å²) < 4.78 is 10.4. The first-order valence-corrected chi connectivity index (χ1v) is 6.92. The van der Waals surface area contributed by atoms with Crippen molar-refractivity contribution in [2.75, 3.05) is 39.7 Å². The number of rotatable bonds is 3. The van der Waals surface area contributed by atoms with Crippen LogP contribution in [0.1, 0.15) is 12.8 Å². The summed E-state index contributed by atoms with van der Waals surface area (Å²) in [4.78, 5) is 11.9. The third-order valence-electron chi connectivity index (χ3n) is 2.35. The van der Waals surface area contributed by atoms with Crippen molar-refractivity contribution in [1.29, 1.82) is 0 Å². The summed E-state index contributed by atoms with van der Waals surface area (Å²) in [6.45, 7) is 2.14. The molecule has 1 heterocycles. The van der Waals surface area contributed by atoms with Crippen molar-refractivity contribution < 1.29 is 19.0 Å². The standard InChI is InChI=1S/C8H20NO4P/c1-12-14(11)8-9(5-6-10)4-2-3-7-13-14/h10-11,14H,2-8H2,1H3. The second-order valence-electron chi connectivity index (χ2n) is 3.47. The summed E-state index contributed by atoms with van der Waals surface area (Å²) in [5, 5.41) is 8.83. The van der Waals surface area contributed by atoms with Crippen molar-refractivity contribution >= 4 is 7.94 Å². The van der Waals surface area contributed by atoms with Gasteiger partial charge < -0.3 is 0 Å². The SMILES string of the molecule is CO[PH]1(O)CN(CCO)CCCCO1. The van der Waals surface area contributed by atoms with Gasteiger partial charge in [-0.05, 0) is 0 Å². The Hall–Kier alpha value is 0.230. The summed E-state index contributed by atoms with van der Waals surface area (Å²) in [7, 11) is -1.50. The molecule has 2 N–H and O–H groups in total. The van der Waals surface area contributed by atoms with E-state index in [0.29, 0.717) is 19.4 Å². The van der Waals surface area contributed by atoms with Crippen LogP contribution in [0.25, 0.3) is 0 Å². The van der Waals surface area contributed by atoms with E-state index in [1.165, 1.54) is 7.11 Å². The Morgan fingerprint density at radius 2 is 2.29 bits per heavy atom. The number of aliphatic hydroxyl groups excluding tert-OH is 1. The molecule has 1 saturated heterocycles. The molecule has 5 nitrogen and oxygen atoms in total. The Bertz CT molecular complexity index is 171. The molecule has 1 aliphatic heterocycles. The van der Waals surface area contributed by atoms with E-state index in [2.05, 4.69) is 0 Å². The van der Waals surface area contributed by atoms with Gasteiger partial charge >= 0.3 is 84.4 Å². The Morgan fingerprint density at radius 1 is 1.50 bits per heavy atom. The van der Waals surface area contributed by atoms with Gasteiger partial charge in [-0.25, -0.2) is 0 Å². The zero-order chi connectivity index (χ0) is 10.4. The topological polar surface area (TPSA) is 62.2 Å².